The number of hydrogen-bond donors (Lipinski definition) is 1. The molecule has 0 saturated carbocycles. The van der Waals surface area contributed by atoms with Crippen molar-refractivity contribution in [2.45, 2.75) is 19.4 Å². The molecule has 0 radical (unpaired) electrons. The van der Waals surface area contributed by atoms with Gasteiger partial charge in [0.1, 0.15) is 11.5 Å². The summed E-state index contributed by atoms with van der Waals surface area (Å²) in [7, 11) is 4.71. The highest BCUT2D eigenvalue weighted by atomic mass is 16.5. The molecule has 0 aliphatic carbocycles. The molecule has 1 N–H and O–H groups in total. The van der Waals surface area contributed by atoms with Crippen molar-refractivity contribution in [1.29, 1.82) is 0 Å². The van der Waals surface area contributed by atoms with Gasteiger partial charge in [-0.2, -0.15) is 5.10 Å². The van der Waals surface area contributed by atoms with Gasteiger partial charge in [0.25, 0.3) is 5.91 Å². The quantitative estimate of drug-likeness (QED) is 0.583. The predicted molar refractivity (Wildman–Crippen MR) is 101 cm³/mol. The lowest BCUT2D eigenvalue weighted by molar-refractivity contribution is -0.131. The van der Waals surface area contributed by atoms with E-state index in [9.17, 15) is 4.79 Å². The van der Waals surface area contributed by atoms with Crippen LogP contribution >= 0.6 is 0 Å². The van der Waals surface area contributed by atoms with Crippen LogP contribution in [0.3, 0.4) is 0 Å². The van der Waals surface area contributed by atoms with Crippen LogP contribution in [0.25, 0.3) is 0 Å². The number of rotatable bonds is 8. The molecule has 0 bridgehead atoms. The second-order valence-corrected chi connectivity index (χ2v) is 5.48. The number of hydrazone groups is 1. The minimum atomic E-state index is -0.725. The second kappa shape index (κ2) is 9.58. The van der Waals surface area contributed by atoms with E-state index in [1.54, 1.807) is 20.4 Å². The molecular weight excluding hydrogens is 332 g/mol. The topological polar surface area (TPSA) is 69.2 Å². The number of methoxy groups -OCH3 is 3. The molecule has 6 heteroatoms. The molecule has 2 rings (SSSR count). The smallest absolute Gasteiger partial charge is 0.273 e. The summed E-state index contributed by atoms with van der Waals surface area (Å²) in [5.41, 5.74) is 4.98. The Morgan fingerprint density at radius 3 is 2.42 bits per heavy atom. The summed E-state index contributed by atoms with van der Waals surface area (Å²) < 4.78 is 16.1. The fourth-order valence-corrected chi connectivity index (χ4v) is 2.74. The average Bonchev–Trinajstić information content (AvgIpc) is 2.68. The van der Waals surface area contributed by atoms with Gasteiger partial charge >= 0.3 is 0 Å². The van der Waals surface area contributed by atoms with Crippen molar-refractivity contribution in [2.75, 3.05) is 21.3 Å². The molecule has 0 fully saturated rings. The molecular formula is C20H24N2O4. The zero-order chi connectivity index (χ0) is 18.9. The van der Waals surface area contributed by atoms with Crippen molar-refractivity contribution < 1.29 is 19.0 Å². The molecule has 0 aromatic heterocycles. The minimum Gasteiger partial charge on any atom is -0.496 e. The van der Waals surface area contributed by atoms with Gasteiger partial charge < -0.3 is 14.2 Å². The maximum atomic E-state index is 12.3. The molecule has 6 nitrogen and oxygen atoms in total. The van der Waals surface area contributed by atoms with E-state index in [4.69, 9.17) is 14.2 Å². The SMILES string of the molecule is CCc1c(OC)ccc(C=NNC(=O)C(OC)c2ccccc2)c1OC. The number of ether oxygens (including phenoxy) is 3. The van der Waals surface area contributed by atoms with Crippen molar-refractivity contribution >= 4 is 12.1 Å². The molecule has 0 saturated heterocycles. The van der Waals surface area contributed by atoms with Crippen LogP contribution in [0, 0.1) is 0 Å². The van der Waals surface area contributed by atoms with Crippen LogP contribution < -0.4 is 14.9 Å². The number of hydrogen-bond acceptors (Lipinski definition) is 5. The first-order valence-electron chi connectivity index (χ1n) is 8.30. The standard InChI is InChI=1S/C20H24N2O4/c1-5-16-17(24-2)12-11-15(18(16)25-3)13-21-22-20(23)19(26-4)14-9-7-6-8-10-14/h6-13,19H,5H2,1-4H3,(H,22,23). The lowest BCUT2D eigenvalue weighted by Crippen LogP contribution is -2.26. The Kier molecular flexibility index (Phi) is 7.17. The van der Waals surface area contributed by atoms with Gasteiger partial charge in [0, 0.05) is 18.2 Å². The van der Waals surface area contributed by atoms with E-state index in [0.717, 1.165) is 28.9 Å². The zero-order valence-electron chi connectivity index (χ0n) is 15.5. The maximum Gasteiger partial charge on any atom is 0.273 e. The highest BCUT2D eigenvalue weighted by molar-refractivity contribution is 5.87. The van der Waals surface area contributed by atoms with E-state index < -0.39 is 6.10 Å². The molecule has 2 aromatic carbocycles. The Bertz CT molecular complexity index is 760. The Morgan fingerprint density at radius 2 is 1.85 bits per heavy atom. The summed E-state index contributed by atoms with van der Waals surface area (Å²) in [5, 5.41) is 4.05. The zero-order valence-corrected chi connectivity index (χ0v) is 15.5. The van der Waals surface area contributed by atoms with Crippen LogP contribution in [0.2, 0.25) is 0 Å². The predicted octanol–water partition coefficient (Wildman–Crippen LogP) is 3.10. The van der Waals surface area contributed by atoms with E-state index in [1.165, 1.54) is 7.11 Å². The summed E-state index contributed by atoms with van der Waals surface area (Å²) in [5.74, 6) is 1.09. The van der Waals surface area contributed by atoms with Gasteiger partial charge in [-0.15, -0.1) is 0 Å². The van der Waals surface area contributed by atoms with Crippen LogP contribution in [0.4, 0.5) is 0 Å². The van der Waals surface area contributed by atoms with E-state index >= 15 is 0 Å². The monoisotopic (exact) mass is 356 g/mol. The minimum absolute atomic E-state index is 0.349. The number of carbonyl (C=O) groups is 1. The van der Waals surface area contributed by atoms with Gasteiger partial charge in [0.05, 0.1) is 20.4 Å². The molecule has 26 heavy (non-hydrogen) atoms. The summed E-state index contributed by atoms with van der Waals surface area (Å²) in [6.45, 7) is 2.02. The van der Waals surface area contributed by atoms with Gasteiger partial charge in [0.2, 0.25) is 0 Å². The first-order chi connectivity index (χ1) is 12.7. The Labute approximate surface area is 153 Å². The van der Waals surface area contributed by atoms with E-state index in [-0.39, 0.29) is 5.91 Å². The molecule has 1 atom stereocenters. The van der Waals surface area contributed by atoms with Gasteiger partial charge in [-0.3, -0.25) is 4.79 Å². The Morgan fingerprint density at radius 1 is 1.12 bits per heavy atom. The normalized spacial score (nSPS) is 12.0. The Balaban J connectivity index is 2.16. The molecule has 138 valence electrons. The van der Waals surface area contributed by atoms with Gasteiger partial charge in [-0.25, -0.2) is 5.43 Å². The summed E-state index contributed by atoms with van der Waals surface area (Å²) >= 11 is 0. The lowest BCUT2D eigenvalue weighted by Gasteiger charge is -2.15. The van der Waals surface area contributed by atoms with Crippen molar-refractivity contribution in [1.82, 2.24) is 5.43 Å². The third-order valence-corrected chi connectivity index (χ3v) is 3.98. The molecule has 0 aliphatic rings. The number of carbonyl (C=O) groups excluding carboxylic acids is 1. The molecule has 1 amide bonds. The van der Waals surface area contributed by atoms with Crippen molar-refractivity contribution in [3.05, 3.63) is 59.2 Å². The molecule has 0 spiro atoms. The van der Waals surface area contributed by atoms with E-state index in [0.29, 0.717) is 5.75 Å². The Hall–Kier alpha value is -2.86. The number of amides is 1. The van der Waals surface area contributed by atoms with Crippen LogP contribution in [-0.4, -0.2) is 33.5 Å². The third-order valence-electron chi connectivity index (χ3n) is 3.98. The maximum absolute atomic E-state index is 12.3. The summed E-state index contributed by atoms with van der Waals surface area (Å²) in [4.78, 5) is 12.3. The third kappa shape index (κ3) is 4.40. The van der Waals surface area contributed by atoms with Gasteiger partial charge in [-0.05, 0) is 24.1 Å². The summed E-state index contributed by atoms with van der Waals surface area (Å²) in [6, 6.07) is 12.9. The number of nitrogens with zero attached hydrogens (tertiary/aromatic N) is 1. The lowest BCUT2D eigenvalue weighted by atomic mass is 10.1. The van der Waals surface area contributed by atoms with Crippen molar-refractivity contribution in [3.63, 3.8) is 0 Å². The highest BCUT2D eigenvalue weighted by Crippen LogP contribution is 2.31. The van der Waals surface area contributed by atoms with Crippen LogP contribution in [0.5, 0.6) is 11.5 Å². The first kappa shape index (κ1) is 19.5. The molecule has 0 heterocycles. The molecule has 1 unspecified atom stereocenters. The van der Waals surface area contributed by atoms with E-state index in [1.807, 2.05) is 49.4 Å². The van der Waals surface area contributed by atoms with Crippen molar-refractivity contribution in [3.8, 4) is 11.5 Å². The van der Waals surface area contributed by atoms with Crippen LogP contribution in [0.15, 0.2) is 47.6 Å². The average molecular weight is 356 g/mol. The van der Waals surface area contributed by atoms with Crippen molar-refractivity contribution in [2.24, 2.45) is 5.10 Å². The largest absolute Gasteiger partial charge is 0.496 e. The molecule has 0 aliphatic heterocycles. The van der Waals surface area contributed by atoms with Gasteiger partial charge in [-0.1, -0.05) is 37.3 Å². The van der Waals surface area contributed by atoms with Crippen LogP contribution in [-0.2, 0) is 16.0 Å². The van der Waals surface area contributed by atoms with Crippen LogP contribution in [0.1, 0.15) is 29.7 Å². The second-order valence-electron chi connectivity index (χ2n) is 5.48. The molecule has 2 aromatic rings. The first-order valence-corrected chi connectivity index (χ1v) is 8.30. The number of nitrogens with one attached hydrogen (secondary N) is 1. The number of benzene rings is 2. The fourth-order valence-electron chi connectivity index (χ4n) is 2.74. The fraction of sp³-hybridized carbons (Fsp3) is 0.300. The van der Waals surface area contributed by atoms with Gasteiger partial charge in [0.15, 0.2) is 6.10 Å². The summed E-state index contributed by atoms with van der Waals surface area (Å²) in [6.07, 6.45) is 1.57. The highest BCUT2D eigenvalue weighted by Gasteiger charge is 2.19. The van der Waals surface area contributed by atoms with E-state index in [2.05, 4.69) is 10.5 Å².